The van der Waals surface area contributed by atoms with Crippen molar-refractivity contribution in [2.75, 3.05) is 56.0 Å². The van der Waals surface area contributed by atoms with Crippen LogP contribution in [0.2, 0.25) is 0 Å². The number of phenolic OH excluding ortho intramolecular Hbond substituents is 1. The molecule has 3 saturated heterocycles. The second-order valence-electron chi connectivity index (χ2n) is 17.7. The van der Waals surface area contributed by atoms with E-state index in [2.05, 4.69) is 45.7 Å². The van der Waals surface area contributed by atoms with Crippen LogP contribution in [0.25, 0.3) is 21.7 Å². The summed E-state index contributed by atoms with van der Waals surface area (Å²) in [6.07, 6.45) is 1.48. The maximum Gasteiger partial charge on any atom is 0.243 e. The highest BCUT2D eigenvalue weighted by molar-refractivity contribution is 7.13. The van der Waals surface area contributed by atoms with Gasteiger partial charge in [0.05, 0.1) is 51.3 Å². The number of benzene rings is 2. The van der Waals surface area contributed by atoms with Crippen molar-refractivity contribution in [1.82, 2.24) is 40.4 Å². The van der Waals surface area contributed by atoms with Crippen molar-refractivity contribution in [3.05, 3.63) is 88.9 Å². The number of phenols is 1. The van der Waals surface area contributed by atoms with Gasteiger partial charge in [-0.25, -0.2) is 4.98 Å². The van der Waals surface area contributed by atoms with Crippen LogP contribution in [-0.4, -0.2) is 127 Å². The lowest BCUT2D eigenvalue weighted by Gasteiger charge is -2.49. The number of aromatic nitrogens is 4. The number of β-amino-alcohol motifs (C(OH)–C–C–N with tert-alkyl or cyclic N) is 1. The number of rotatable bonds is 11. The Bertz CT molecular complexity index is 2380. The smallest absolute Gasteiger partial charge is 0.243 e. The lowest BCUT2D eigenvalue weighted by Crippen LogP contribution is -2.60. The Morgan fingerprint density at radius 2 is 1.77 bits per heavy atom. The predicted octanol–water partition coefficient (Wildman–Crippen LogP) is 5.43. The summed E-state index contributed by atoms with van der Waals surface area (Å²) in [6, 6.07) is 19.0. The zero-order valence-electron chi connectivity index (χ0n) is 35.8. The summed E-state index contributed by atoms with van der Waals surface area (Å²) in [5.74, 6) is 0.171. The van der Waals surface area contributed by atoms with E-state index in [1.807, 2.05) is 81.7 Å². The number of carbonyl (C=O) groups excluding carboxylic acids is 2. The van der Waals surface area contributed by atoms with Crippen LogP contribution in [0.15, 0.2) is 70.7 Å². The van der Waals surface area contributed by atoms with E-state index in [0.29, 0.717) is 35.6 Å². The third-order valence-electron chi connectivity index (χ3n) is 13.2. The molecule has 0 aliphatic carbocycles. The molecule has 0 bridgehead atoms. The first-order valence-corrected chi connectivity index (χ1v) is 22.8. The van der Waals surface area contributed by atoms with Crippen molar-refractivity contribution in [1.29, 1.82) is 0 Å². The van der Waals surface area contributed by atoms with E-state index in [4.69, 9.17) is 4.52 Å². The lowest BCUT2D eigenvalue weighted by molar-refractivity contribution is -0.141. The number of aliphatic hydroxyl groups is 1. The number of nitrogens with one attached hydrogen (secondary N) is 2. The Kier molecular flexibility index (Phi) is 12.0. The molecule has 9 rings (SSSR count). The summed E-state index contributed by atoms with van der Waals surface area (Å²) < 4.78 is 5.90. The topological polar surface area (TPSA) is 176 Å². The average Bonchev–Trinajstić information content (AvgIpc) is 4.03. The molecule has 0 spiro atoms. The van der Waals surface area contributed by atoms with E-state index in [9.17, 15) is 19.8 Å². The van der Waals surface area contributed by atoms with E-state index < -0.39 is 18.1 Å². The highest BCUT2D eigenvalue weighted by Gasteiger charge is 2.44. The largest absolute Gasteiger partial charge is 0.507 e. The van der Waals surface area contributed by atoms with Crippen molar-refractivity contribution >= 4 is 34.7 Å². The van der Waals surface area contributed by atoms with Crippen LogP contribution in [0.5, 0.6) is 5.75 Å². The molecular weight excluding hydrogens is 805 g/mol. The Balaban J connectivity index is 0.783. The zero-order valence-corrected chi connectivity index (χ0v) is 36.6. The first-order chi connectivity index (χ1) is 30.0. The number of fused-ring (bicyclic) bond motifs is 3. The number of carbonyl (C=O) groups is 2. The molecule has 2 unspecified atom stereocenters. The van der Waals surface area contributed by atoms with Crippen LogP contribution >= 0.6 is 11.3 Å². The minimum Gasteiger partial charge on any atom is -0.507 e. The Labute approximate surface area is 366 Å². The van der Waals surface area contributed by atoms with Gasteiger partial charge in [0.2, 0.25) is 11.8 Å². The molecule has 4 aliphatic heterocycles. The summed E-state index contributed by atoms with van der Waals surface area (Å²) in [4.78, 5) is 42.6. The van der Waals surface area contributed by atoms with Crippen LogP contribution in [0.3, 0.4) is 0 Å². The molecule has 62 heavy (non-hydrogen) atoms. The quantitative estimate of drug-likeness (QED) is 0.133. The van der Waals surface area contributed by atoms with Gasteiger partial charge in [-0.05, 0) is 61.9 Å². The number of aliphatic hydroxyl groups excluding tert-OH is 1. The fraction of sp³-hybridized carbons (Fsp3) is 0.478. The van der Waals surface area contributed by atoms with Gasteiger partial charge >= 0.3 is 0 Å². The second kappa shape index (κ2) is 17.8. The third kappa shape index (κ3) is 8.52. The lowest BCUT2D eigenvalue weighted by atomic mass is 9.91. The van der Waals surface area contributed by atoms with Crippen LogP contribution in [0, 0.1) is 12.8 Å². The van der Waals surface area contributed by atoms with Crippen LogP contribution < -0.4 is 15.5 Å². The summed E-state index contributed by atoms with van der Waals surface area (Å²) >= 11 is 1.60. The molecule has 16 heteroatoms. The number of thiazole rings is 1. The van der Waals surface area contributed by atoms with Crippen LogP contribution in [0.1, 0.15) is 74.7 Å². The first kappa shape index (κ1) is 41.9. The van der Waals surface area contributed by atoms with Gasteiger partial charge in [0.1, 0.15) is 23.5 Å². The normalized spacial score (nSPS) is 21.9. The van der Waals surface area contributed by atoms with E-state index in [-0.39, 0.29) is 42.5 Å². The van der Waals surface area contributed by atoms with Gasteiger partial charge in [-0.3, -0.25) is 19.4 Å². The summed E-state index contributed by atoms with van der Waals surface area (Å²) in [7, 11) is 0. The number of amides is 2. The van der Waals surface area contributed by atoms with Gasteiger partial charge in [0.15, 0.2) is 5.82 Å². The molecule has 15 nitrogen and oxygen atoms in total. The van der Waals surface area contributed by atoms with E-state index in [1.165, 1.54) is 4.90 Å². The fourth-order valence-corrected chi connectivity index (χ4v) is 10.6. The molecular formula is C46H56N10O5S. The number of piperidine rings is 1. The highest BCUT2D eigenvalue weighted by Crippen LogP contribution is 2.37. The summed E-state index contributed by atoms with van der Waals surface area (Å²) in [5, 5.41) is 41.1. The van der Waals surface area contributed by atoms with Crippen molar-refractivity contribution in [3.63, 3.8) is 0 Å². The van der Waals surface area contributed by atoms with E-state index in [1.54, 1.807) is 23.5 Å². The molecule has 0 radical (unpaired) electrons. The molecule has 5 atom stereocenters. The number of piperazine rings is 1. The maximum atomic E-state index is 14.3. The Morgan fingerprint density at radius 1 is 0.984 bits per heavy atom. The zero-order chi connectivity index (χ0) is 43.1. The minimum atomic E-state index is -0.799. The van der Waals surface area contributed by atoms with Crippen molar-refractivity contribution in [3.8, 4) is 27.4 Å². The standard InChI is InChI=1S/C46H56N10O5S/c1-27(2)42(46(60)56-25-35(57)20-39(56)45(59)49-28(3)30-9-11-31(12-10-30)43-29(4)48-26-62-43)41-19-32(52-61-41)23-53-15-13-33(14-16-53)54-17-18-55-34(24-54)22-47-44-38(55)21-37(50-51-44)36-7-5-6-8-40(36)58/h5-12,19,21,26-28,33-35,39,42,57-58H,13-18,20,22-25H2,1-4H3,(H,47,51)(H,49,59)/t28?,34-,35+,39-,42?/m0/s1. The number of para-hydroxylation sites is 1. The average molecular weight is 861 g/mol. The van der Waals surface area contributed by atoms with Gasteiger partial charge in [-0.1, -0.05) is 55.4 Å². The maximum absolute atomic E-state index is 14.3. The summed E-state index contributed by atoms with van der Waals surface area (Å²) in [5.41, 5.74) is 8.01. The molecule has 0 saturated carbocycles. The van der Waals surface area contributed by atoms with Gasteiger partial charge in [-0.15, -0.1) is 21.5 Å². The monoisotopic (exact) mass is 860 g/mol. The molecule has 7 heterocycles. The molecule has 3 fully saturated rings. The predicted molar refractivity (Wildman–Crippen MR) is 238 cm³/mol. The minimum absolute atomic E-state index is 0.0855. The van der Waals surface area contributed by atoms with Crippen LogP contribution in [0.4, 0.5) is 11.5 Å². The highest BCUT2D eigenvalue weighted by atomic mass is 32.1. The third-order valence-corrected chi connectivity index (χ3v) is 14.2. The van der Waals surface area contributed by atoms with Gasteiger partial charge in [-0.2, -0.15) is 0 Å². The Hall–Kier alpha value is -5.42. The molecule has 2 aromatic carbocycles. The van der Waals surface area contributed by atoms with E-state index >= 15 is 0 Å². The van der Waals surface area contributed by atoms with Crippen molar-refractivity contribution in [2.24, 2.45) is 5.92 Å². The number of hydrogen-bond acceptors (Lipinski definition) is 14. The molecule has 4 N–H and O–H groups in total. The van der Waals surface area contributed by atoms with Gasteiger partial charge in [0, 0.05) is 76.5 Å². The number of likely N-dealkylation sites (tertiary alicyclic amines) is 2. The number of anilines is 2. The molecule has 326 valence electrons. The Morgan fingerprint density at radius 3 is 2.52 bits per heavy atom. The van der Waals surface area contributed by atoms with Crippen molar-refractivity contribution < 1.29 is 24.3 Å². The fourth-order valence-electron chi connectivity index (χ4n) is 9.80. The van der Waals surface area contributed by atoms with Crippen molar-refractivity contribution in [2.45, 2.75) is 89.7 Å². The van der Waals surface area contributed by atoms with E-state index in [0.717, 1.165) is 91.0 Å². The van der Waals surface area contributed by atoms with Crippen LogP contribution in [-0.2, 0) is 16.1 Å². The molecule has 3 aromatic heterocycles. The first-order valence-electron chi connectivity index (χ1n) is 21.9. The molecule has 4 aliphatic rings. The SMILES string of the molecule is Cc1ncsc1-c1ccc(C(C)NC(=O)[C@@H]2C[C@@H](O)CN2C(=O)C(c2cc(CN3CCC(N4CCN5c6cc(-c7ccccc7O)nnc6NC[C@H]5C4)CC3)no2)C(C)C)cc1. The molecule has 2 amide bonds. The molecule has 5 aromatic rings. The second-order valence-corrected chi connectivity index (χ2v) is 18.5. The number of aryl methyl sites for hydroxylation is 1. The number of nitrogens with zero attached hydrogens (tertiary/aromatic N) is 8. The van der Waals surface area contributed by atoms with Gasteiger partial charge < -0.3 is 35.2 Å². The van der Waals surface area contributed by atoms with Gasteiger partial charge in [0.25, 0.3) is 0 Å². The summed E-state index contributed by atoms with van der Waals surface area (Å²) in [6.45, 7) is 14.1. The number of aromatic hydroxyl groups is 1. The number of hydrogen-bond donors (Lipinski definition) is 4.